The van der Waals surface area contributed by atoms with Crippen LogP contribution in [-0.2, 0) is 6.54 Å². The smallest absolute Gasteiger partial charge is 0.341 e. The van der Waals surface area contributed by atoms with Gasteiger partial charge in [-0.25, -0.2) is 9.18 Å². The molecule has 0 fully saturated rings. The minimum Gasteiger partial charge on any atom is -0.477 e. The monoisotopic (exact) mass is 362 g/mol. The van der Waals surface area contributed by atoms with Crippen LogP contribution in [0.5, 0.6) is 0 Å². The maximum atomic E-state index is 14.2. The van der Waals surface area contributed by atoms with Gasteiger partial charge in [0.05, 0.1) is 10.9 Å². The van der Waals surface area contributed by atoms with E-state index in [0.29, 0.717) is 12.1 Å². The van der Waals surface area contributed by atoms with Gasteiger partial charge in [0.1, 0.15) is 11.4 Å². The second kappa shape index (κ2) is 6.57. The van der Waals surface area contributed by atoms with Gasteiger partial charge < -0.3 is 14.2 Å². The Bertz CT molecular complexity index is 1190. The highest BCUT2D eigenvalue weighted by atomic mass is 19.1. The highest BCUT2D eigenvalue weighted by molar-refractivity contribution is 5.92. The topological polar surface area (TPSA) is 64.2 Å². The molecule has 0 aliphatic heterocycles. The van der Waals surface area contributed by atoms with E-state index in [-0.39, 0.29) is 5.39 Å². The number of carboxylic acid groups (broad SMARTS) is 1. The summed E-state index contributed by atoms with van der Waals surface area (Å²) < 4.78 is 17.8. The lowest BCUT2D eigenvalue weighted by atomic mass is 10.1. The molecule has 2 aromatic carbocycles. The highest BCUT2D eigenvalue weighted by Gasteiger charge is 2.17. The van der Waals surface area contributed by atoms with Crippen LogP contribution in [0.2, 0.25) is 0 Å². The molecule has 134 valence electrons. The van der Waals surface area contributed by atoms with Crippen LogP contribution in [0.15, 0.2) is 78.0 Å². The average molecular weight is 362 g/mol. The number of pyridine rings is 1. The summed E-state index contributed by atoms with van der Waals surface area (Å²) >= 11 is 0. The van der Waals surface area contributed by atoms with Gasteiger partial charge in [0, 0.05) is 30.8 Å². The average Bonchev–Trinajstić information content (AvgIpc) is 3.19. The molecule has 0 unspecified atom stereocenters. The van der Waals surface area contributed by atoms with Crippen molar-refractivity contribution in [3.8, 4) is 5.69 Å². The number of carboxylic acids is 1. The molecule has 0 spiro atoms. The fraction of sp³-hybridized carbons (Fsp3) is 0.0476. The van der Waals surface area contributed by atoms with E-state index in [2.05, 4.69) is 0 Å². The Morgan fingerprint density at radius 2 is 1.70 bits per heavy atom. The van der Waals surface area contributed by atoms with E-state index in [0.717, 1.165) is 17.3 Å². The van der Waals surface area contributed by atoms with Crippen LogP contribution in [0.1, 0.15) is 15.9 Å². The first kappa shape index (κ1) is 16.8. The predicted octanol–water partition coefficient (Wildman–Crippen LogP) is 3.68. The molecule has 0 atom stereocenters. The third kappa shape index (κ3) is 3.01. The number of halogens is 1. The van der Waals surface area contributed by atoms with Crippen LogP contribution in [0.3, 0.4) is 0 Å². The van der Waals surface area contributed by atoms with Gasteiger partial charge in [-0.05, 0) is 42.0 Å². The summed E-state index contributed by atoms with van der Waals surface area (Å²) in [6, 6.07) is 15.9. The molecular weight excluding hydrogens is 347 g/mol. The van der Waals surface area contributed by atoms with Crippen molar-refractivity contribution in [3.63, 3.8) is 0 Å². The molecule has 6 heteroatoms. The van der Waals surface area contributed by atoms with Crippen molar-refractivity contribution in [2.45, 2.75) is 6.54 Å². The van der Waals surface area contributed by atoms with Crippen molar-refractivity contribution < 1.29 is 14.3 Å². The first-order valence-corrected chi connectivity index (χ1v) is 8.32. The molecule has 0 amide bonds. The number of fused-ring (bicyclic) bond motifs is 1. The third-order valence-corrected chi connectivity index (χ3v) is 4.48. The molecule has 5 nitrogen and oxygen atoms in total. The van der Waals surface area contributed by atoms with Gasteiger partial charge in [-0.15, -0.1) is 0 Å². The SMILES string of the molecule is O=C(O)c1cn(Cc2ccc(-n3cccc3)cc2)c2cccc(F)c2c1=O. The van der Waals surface area contributed by atoms with E-state index in [1.165, 1.54) is 12.3 Å². The van der Waals surface area contributed by atoms with E-state index in [1.807, 2.05) is 53.4 Å². The molecule has 4 rings (SSSR count). The number of rotatable bonds is 4. The van der Waals surface area contributed by atoms with E-state index < -0.39 is 22.8 Å². The normalized spacial score (nSPS) is 11.0. The minimum atomic E-state index is -1.37. The van der Waals surface area contributed by atoms with Gasteiger partial charge in [0.15, 0.2) is 0 Å². The summed E-state index contributed by atoms with van der Waals surface area (Å²) in [6.45, 7) is 0.312. The van der Waals surface area contributed by atoms with Crippen LogP contribution in [-0.4, -0.2) is 20.2 Å². The highest BCUT2D eigenvalue weighted by Crippen LogP contribution is 2.18. The number of aromatic nitrogens is 2. The Labute approximate surface area is 153 Å². The molecule has 0 aliphatic carbocycles. The lowest BCUT2D eigenvalue weighted by Gasteiger charge is -2.13. The summed E-state index contributed by atoms with van der Waals surface area (Å²) in [5.41, 5.74) is 0.994. The summed E-state index contributed by atoms with van der Waals surface area (Å²) in [5, 5.41) is 9.10. The predicted molar refractivity (Wildman–Crippen MR) is 100.0 cm³/mol. The first-order chi connectivity index (χ1) is 13.0. The van der Waals surface area contributed by atoms with Gasteiger partial charge in [-0.1, -0.05) is 18.2 Å². The quantitative estimate of drug-likeness (QED) is 0.602. The zero-order valence-corrected chi connectivity index (χ0v) is 14.2. The molecule has 2 aromatic heterocycles. The van der Waals surface area contributed by atoms with E-state index >= 15 is 0 Å². The molecule has 2 heterocycles. The lowest BCUT2D eigenvalue weighted by Crippen LogP contribution is -2.20. The Hall–Kier alpha value is -3.67. The number of nitrogens with zero attached hydrogens (tertiary/aromatic N) is 2. The van der Waals surface area contributed by atoms with Gasteiger partial charge in [-0.2, -0.15) is 0 Å². The van der Waals surface area contributed by atoms with Gasteiger partial charge in [0.2, 0.25) is 5.43 Å². The Morgan fingerprint density at radius 1 is 1.00 bits per heavy atom. The number of carbonyl (C=O) groups is 1. The lowest BCUT2D eigenvalue weighted by molar-refractivity contribution is 0.0695. The van der Waals surface area contributed by atoms with Crippen molar-refractivity contribution in [3.05, 3.63) is 100 Å². The Balaban J connectivity index is 1.80. The van der Waals surface area contributed by atoms with Crippen LogP contribution in [0.25, 0.3) is 16.6 Å². The molecule has 0 aliphatic rings. The molecule has 0 saturated carbocycles. The van der Waals surface area contributed by atoms with Crippen molar-refractivity contribution in [1.82, 2.24) is 9.13 Å². The zero-order chi connectivity index (χ0) is 19.0. The van der Waals surface area contributed by atoms with Gasteiger partial charge >= 0.3 is 5.97 Å². The van der Waals surface area contributed by atoms with Crippen molar-refractivity contribution >= 4 is 16.9 Å². The van der Waals surface area contributed by atoms with Crippen molar-refractivity contribution in [2.75, 3.05) is 0 Å². The Morgan fingerprint density at radius 3 is 2.37 bits per heavy atom. The summed E-state index contributed by atoms with van der Waals surface area (Å²) in [6.07, 6.45) is 5.14. The zero-order valence-electron chi connectivity index (χ0n) is 14.2. The van der Waals surface area contributed by atoms with Crippen LogP contribution >= 0.6 is 0 Å². The summed E-state index contributed by atoms with van der Waals surface area (Å²) in [4.78, 5) is 23.8. The second-order valence-corrected chi connectivity index (χ2v) is 6.20. The fourth-order valence-electron chi connectivity index (χ4n) is 3.16. The standard InChI is InChI=1S/C21H15FN2O3/c22-17-4-3-5-18-19(17)20(25)16(21(26)27)13-24(18)12-14-6-8-15(9-7-14)23-10-1-2-11-23/h1-11,13H,12H2,(H,26,27). The van der Waals surface area contributed by atoms with Gasteiger partial charge in [-0.3, -0.25) is 4.79 Å². The molecule has 0 saturated heterocycles. The number of hydrogen-bond acceptors (Lipinski definition) is 2. The van der Waals surface area contributed by atoms with E-state index in [9.17, 15) is 19.1 Å². The molecule has 27 heavy (non-hydrogen) atoms. The maximum Gasteiger partial charge on any atom is 0.341 e. The minimum absolute atomic E-state index is 0.207. The number of aromatic carboxylic acids is 1. The molecule has 1 N–H and O–H groups in total. The van der Waals surface area contributed by atoms with Crippen LogP contribution < -0.4 is 5.43 Å². The van der Waals surface area contributed by atoms with E-state index in [4.69, 9.17) is 0 Å². The molecule has 0 radical (unpaired) electrons. The largest absolute Gasteiger partial charge is 0.477 e. The van der Waals surface area contributed by atoms with Gasteiger partial charge in [0.25, 0.3) is 0 Å². The van der Waals surface area contributed by atoms with Crippen molar-refractivity contribution in [2.24, 2.45) is 0 Å². The first-order valence-electron chi connectivity index (χ1n) is 8.32. The number of hydrogen-bond donors (Lipinski definition) is 1. The van der Waals surface area contributed by atoms with Crippen molar-refractivity contribution in [1.29, 1.82) is 0 Å². The molecular formula is C21H15FN2O3. The number of benzene rings is 2. The molecule has 0 bridgehead atoms. The summed E-state index contributed by atoms with van der Waals surface area (Å²) in [5.74, 6) is -2.10. The molecule has 4 aromatic rings. The Kier molecular flexibility index (Phi) is 4.08. The maximum absolute atomic E-state index is 14.2. The third-order valence-electron chi connectivity index (χ3n) is 4.48. The fourth-order valence-corrected chi connectivity index (χ4v) is 3.16. The van der Waals surface area contributed by atoms with Crippen LogP contribution in [0.4, 0.5) is 4.39 Å². The van der Waals surface area contributed by atoms with Crippen LogP contribution in [0, 0.1) is 5.82 Å². The second-order valence-electron chi connectivity index (χ2n) is 6.20. The van der Waals surface area contributed by atoms with E-state index in [1.54, 1.807) is 10.6 Å². The summed E-state index contributed by atoms with van der Waals surface area (Å²) in [7, 11) is 0.